The van der Waals surface area contributed by atoms with Crippen molar-refractivity contribution in [3.63, 3.8) is 0 Å². The molecule has 1 aromatic rings. The van der Waals surface area contributed by atoms with E-state index in [9.17, 15) is 9.59 Å². The van der Waals surface area contributed by atoms with Crippen molar-refractivity contribution in [1.29, 1.82) is 0 Å². The lowest BCUT2D eigenvalue weighted by Crippen LogP contribution is -2.45. The van der Waals surface area contributed by atoms with Crippen molar-refractivity contribution in [2.75, 3.05) is 4.90 Å². The number of hydrogen-bond donors (Lipinski definition) is 0. The first-order chi connectivity index (χ1) is 12.7. The van der Waals surface area contributed by atoms with Crippen LogP contribution in [-0.4, -0.2) is 23.0 Å². The van der Waals surface area contributed by atoms with Crippen LogP contribution >= 0.6 is 0 Å². The van der Waals surface area contributed by atoms with Crippen LogP contribution in [-0.2, 0) is 14.3 Å². The first-order valence-electron chi connectivity index (χ1n) is 9.98. The summed E-state index contributed by atoms with van der Waals surface area (Å²) in [6.45, 7) is 0. The molecule has 26 heavy (non-hydrogen) atoms. The number of nitrogens with zero attached hydrogens (tertiary/aromatic N) is 1. The minimum Gasteiger partial charge on any atom is -0.361 e. The molecule has 7 aliphatic rings. The second-order valence-corrected chi connectivity index (χ2v) is 9.61. The van der Waals surface area contributed by atoms with Gasteiger partial charge in [-0.15, -0.1) is 0 Å². The fourth-order valence-corrected chi connectivity index (χ4v) is 8.70. The smallest absolute Gasteiger partial charge is 0.238 e. The van der Waals surface area contributed by atoms with E-state index in [0.29, 0.717) is 11.8 Å². The molecule has 130 valence electrons. The van der Waals surface area contributed by atoms with Crippen molar-refractivity contribution in [1.82, 2.24) is 0 Å². The predicted molar refractivity (Wildman–Crippen MR) is 91.8 cm³/mol. The maximum absolute atomic E-state index is 13.5. The molecule has 4 bridgehead atoms. The molecule has 8 rings (SSSR count). The topological polar surface area (TPSA) is 49.9 Å². The maximum atomic E-state index is 13.5. The Kier molecular flexibility index (Phi) is 1.76. The van der Waals surface area contributed by atoms with Crippen LogP contribution in [0.2, 0.25) is 0 Å². The number of carbonyl (C=O) groups excluding carboxylic acids is 2. The van der Waals surface area contributed by atoms with Gasteiger partial charge in [0.05, 0.1) is 17.5 Å². The van der Waals surface area contributed by atoms with Gasteiger partial charge in [0, 0.05) is 23.7 Å². The SMILES string of the molecule is O=C1[C@@H]2[C@H](C(=O)N1c1ccccc1)[C@H]1C3(CC3)[C@H]2[C@]23O[C@@]12[C@H]1C=C[C@H]3C1. The van der Waals surface area contributed by atoms with E-state index in [-0.39, 0.29) is 52.1 Å². The van der Waals surface area contributed by atoms with Gasteiger partial charge in [-0.1, -0.05) is 30.4 Å². The van der Waals surface area contributed by atoms with Gasteiger partial charge in [0.15, 0.2) is 0 Å². The maximum Gasteiger partial charge on any atom is 0.238 e. The van der Waals surface area contributed by atoms with Gasteiger partial charge in [0.25, 0.3) is 0 Å². The molecule has 2 amide bonds. The zero-order valence-electron chi connectivity index (χ0n) is 14.3. The highest BCUT2D eigenvalue weighted by Gasteiger charge is 3.01. The summed E-state index contributed by atoms with van der Waals surface area (Å²) in [5.41, 5.74) is 0.733. The Morgan fingerprint density at radius 1 is 0.885 bits per heavy atom. The minimum atomic E-state index is -0.154. The van der Waals surface area contributed by atoms with Crippen LogP contribution in [0.25, 0.3) is 0 Å². The lowest BCUT2D eigenvalue weighted by Gasteiger charge is -2.30. The summed E-state index contributed by atoms with van der Waals surface area (Å²) in [6.07, 6.45) is 8.24. The van der Waals surface area contributed by atoms with Gasteiger partial charge in [-0.25, -0.2) is 0 Å². The molecule has 2 aliphatic heterocycles. The fraction of sp³-hybridized carbons (Fsp3) is 0.545. The molecule has 0 N–H and O–H groups in total. The molecule has 2 saturated heterocycles. The number of carbonyl (C=O) groups is 2. The summed E-state index contributed by atoms with van der Waals surface area (Å²) in [4.78, 5) is 28.5. The minimum absolute atomic E-state index is 0.0372. The zero-order chi connectivity index (χ0) is 17.1. The van der Waals surface area contributed by atoms with Gasteiger partial charge in [-0.2, -0.15) is 0 Å². The highest BCUT2D eigenvalue weighted by molar-refractivity contribution is 6.23. The third-order valence-corrected chi connectivity index (χ3v) is 9.21. The lowest BCUT2D eigenvalue weighted by molar-refractivity contribution is -0.125. The Labute approximate surface area is 151 Å². The van der Waals surface area contributed by atoms with Crippen LogP contribution in [0.4, 0.5) is 5.69 Å². The Bertz CT molecular complexity index is 913. The van der Waals surface area contributed by atoms with Crippen molar-refractivity contribution in [3.05, 3.63) is 42.5 Å². The van der Waals surface area contributed by atoms with Gasteiger partial charge in [-0.05, 0) is 36.8 Å². The third kappa shape index (κ3) is 0.958. The molecule has 0 aromatic heterocycles. The van der Waals surface area contributed by atoms with Crippen molar-refractivity contribution in [2.45, 2.75) is 30.5 Å². The predicted octanol–water partition coefficient (Wildman–Crippen LogP) is 2.55. The van der Waals surface area contributed by atoms with E-state index in [1.165, 1.54) is 24.2 Å². The molecular weight excluding hydrogens is 326 g/mol. The Balaban J connectivity index is 1.33. The number of amides is 2. The molecule has 2 heterocycles. The number of para-hydroxylation sites is 1. The van der Waals surface area contributed by atoms with Gasteiger partial charge in [0.2, 0.25) is 11.8 Å². The van der Waals surface area contributed by atoms with E-state index >= 15 is 0 Å². The van der Waals surface area contributed by atoms with E-state index in [2.05, 4.69) is 12.2 Å². The molecule has 0 unspecified atom stereocenters. The molecule has 4 nitrogen and oxygen atoms in total. The highest BCUT2D eigenvalue weighted by atomic mass is 16.6. The number of epoxide rings is 1. The van der Waals surface area contributed by atoms with Gasteiger partial charge in [0.1, 0.15) is 11.2 Å². The average molecular weight is 345 g/mol. The Morgan fingerprint density at radius 2 is 1.46 bits per heavy atom. The normalized spacial score (nSPS) is 54.8. The van der Waals surface area contributed by atoms with Gasteiger partial charge >= 0.3 is 0 Å². The quantitative estimate of drug-likeness (QED) is 0.446. The molecule has 1 spiro atoms. The number of benzene rings is 1. The second-order valence-electron chi connectivity index (χ2n) is 9.61. The summed E-state index contributed by atoms with van der Waals surface area (Å²) in [7, 11) is 0. The van der Waals surface area contributed by atoms with Crippen LogP contribution in [0.1, 0.15) is 19.3 Å². The summed E-state index contributed by atoms with van der Waals surface area (Å²) in [5.74, 6) is 1.22. The van der Waals surface area contributed by atoms with Crippen LogP contribution in [0.5, 0.6) is 0 Å². The van der Waals surface area contributed by atoms with Crippen LogP contribution in [0.15, 0.2) is 42.5 Å². The van der Waals surface area contributed by atoms with Gasteiger partial charge < -0.3 is 4.74 Å². The number of rotatable bonds is 1. The molecule has 0 radical (unpaired) electrons. The number of anilines is 1. The summed E-state index contributed by atoms with van der Waals surface area (Å²) in [6, 6.07) is 9.49. The third-order valence-electron chi connectivity index (χ3n) is 9.21. The molecule has 5 aliphatic carbocycles. The average Bonchev–Trinajstić information content (AvgIpc) is 3.37. The number of fused-ring (bicyclic) bond motifs is 5. The number of ether oxygens (including phenoxy) is 1. The van der Waals surface area contributed by atoms with E-state index in [1.807, 2.05) is 30.3 Å². The molecule has 6 fully saturated rings. The van der Waals surface area contributed by atoms with Crippen LogP contribution < -0.4 is 4.90 Å². The van der Waals surface area contributed by atoms with Crippen LogP contribution in [0.3, 0.4) is 0 Å². The van der Waals surface area contributed by atoms with E-state index in [1.54, 1.807) is 0 Å². The summed E-state index contributed by atoms with van der Waals surface area (Å²) in [5, 5.41) is 0. The van der Waals surface area contributed by atoms with Crippen molar-refractivity contribution in [2.24, 2.45) is 40.9 Å². The van der Waals surface area contributed by atoms with E-state index in [4.69, 9.17) is 4.74 Å². The molecule has 1 aromatic carbocycles. The largest absolute Gasteiger partial charge is 0.361 e. The van der Waals surface area contributed by atoms with Crippen molar-refractivity contribution in [3.8, 4) is 0 Å². The first kappa shape index (κ1) is 13.3. The van der Waals surface area contributed by atoms with Gasteiger partial charge in [-0.3, -0.25) is 14.5 Å². The summed E-state index contributed by atoms with van der Waals surface area (Å²) >= 11 is 0. The van der Waals surface area contributed by atoms with Crippen molar-refractivity contribution >= 4 is 17.5 Å². The standard InChI is InChI=1S/C22H19NO3/c24-18-14-15(19(25)23(18)13-4-2-1-3-5-13)17-20(8-9-20)16(14)21-11-6-7-12(10-11)22(17,21)26-21/h1-7,11-12,14-17H,8-10H2/t11-,12-,14-,15+,16-,17-,21-,22-/m0/s1. The Morgan fingerprint density at radius 3 is 2.00 bits per heavy atom. The van der Waals surface area contributed by atoms with Crippen molar-refractivity contribution < 1.29 is 14.3 Å². The molecule has 4 saturated carbocycles. The number of hydrogen-bond acceptors (Lipinski definition) is 3. The van der Waals surface area contributed by atoms with Crippen LogP contribution in [0, 0.1) is 40.9 Å². The monoisotopic (exact) mass is 345 g/mol. The highest BCUT2D eigenvalue weighted by Crippen LogP contribution is 2.93. The lowest BCUT2D eigenvalue weighted by atomic mass is 9.65. The Hall–Kier alpha value is -1.94. The summed E-state index contributed by atoms with van der Waals surface area (Å²) < 4.78 is 6.60. The second kappa shape index (κ2) is 3.45. The number of imide groups is 1. The molecular formula is C22H19NO3. The fourth-order valence-electron chi connectivity index (χ4n) is 8.70. The zero-order valence-corrected chi connectivity index (χ0v) is 14.3. The van der Waals surface area contributed by atoms with E-state index in [0.717, 1.165) is 5.69 Å². The first-order valence-corrected chi connectivity index (χ1v) is 9.98. The molecule has 4 heteroatoms. The van der Waals surface area contributed by atoms with E-state index < -0.39 is 0 Å². The molecule has 8 atom stereocenters.